The van der Waals surface area contributed by atoms with Gasteiger partial charge in [-0.25, -0.2) is 0 Å². The Morgan fingerprint density at radius 3 is 2.42 bits per heavy atom. The van der Waals surface area contributed by atoms with Gasteiger partial charge in [-0.2, -0.15) is 0 Å². The van der Waals surface area contributed by atoms with Crippen molar-refractivity contribution in [2.75, 3.05) is 11.1 Å². The van der Waals surface area contributed by atoms with Gasteiger partial charge in [0.25, 0.3) is 0 Å². The molecule has 33 heavy (non-hydrogen) atoms. The maximum absolute atomic E-state index is 12.4. The van der Waals surface area contributed by atoms with E-state index in [9.17, 15) is 4.79 Å². The van der Waals surface area contributed by atoms with Crippen molar-refractivity contribution < 1.29 is 9.32 Å². The molecule has 2 heterocycles. The van der Waals surface area contributed by atoms with Crippen LogP contribution < -0.4 is 5.32 Å². The first-order valence-corrected chi connectivity index (χ1v) is 11.7. The van der Waals surface area contributed by atoms with E-state index in [4.69, 9.17) is 4.52 Å². The van der Waals surface area contributed by atoms with E-state index in [1.807, 2.05) is 18.2 Å². The lowest BCUT2D eigenvalue weighted by molar-refractivity contribution is -0.113. The van der Waals surface area contributed by atoms with Crippen LogP contribution in [0.4, 0.5) is 5.82 Å². The van der Waals surface area contributed by atoms with Gasteiger partial charge in [-0.05, 0) is 23.5 Å². The van der Waals surface area contributed by atoms with Gasteiger partial charge in [-0.3, -0.25) is 9.36 Å². The number of hydrogen-bond acceptors (Lipinski definition) is 6. The van der Waals surface area contributed by atoms with Crippen LogP contribution in [0, 0.1) is 6.92 Å². The van der Waals surface area contributed by atoms with E-state index in [1.54, 1.807) is 13.0 Å². The minimum absolute atomic E-state index is 0.0764. The summed E-state index contributed by atoms with van der Waals surface area (Å²) in [6.45, 7) is 8.97. The fraction of sp³-hybridized carbons (Fsp3) is 0.280. The van der Waals surface area contributed by atoms with Crippen LogP contribution in [0.1, 0.15) is 37.7 Å². The molecule has 0 aliphatic rings. The highest BCUT2D eigenvalue weighted by atomic mass is 32.2. The fourth-order valence-electron chi connectivity index (χ4n) is 3.37. The van der Waals surface area contributed by atoms with Crippen molar-refractivity contribution in [3.8, 4) is 11.4 Å². The summed E-state index contributed by atoms with van der Waals surface area (Å²) in [6, 6.07) is 20.3. The van der Waals surface area contributed by atoms with Gasteiger partial charge in [0.2, 0.25) is 5.91 Å². The number of aromatic nitrogens is 4. The van der Waals surface area contributed by atoms with Gasteiger partial charge < -0.3 is 9.84 Å². The second kappa shape index (κ2) is 9.62. The number of carbonyl (C=O) groups excluding carboxylic acids is 1. The summed E-state index contributed by atoms with van der Waals surface area (Å²) in [5, 5.41) is 16.1. The number of thioether (sulfide) groups is 1. The lowest BCUT2D eigenvalue weighted by Gasteiger charge is -2.19. The quantitative estimate of drug-likeness (QED) is 0.375. The molecule has 0 radical (unpaired) electrons. The van der Waals surface area contributed by atoms with Crippen molar-refractivity contribution in [2.24, 2.45) is 0 Å². The maximum atomic E-state index is 12.4. The molecule has 2 aromatic heterocycles. The van der Waals surface area contributed by atoms with E-state index in [-0.39, 0.29) is 17.1 Å². The van der Waals surface area contributed by atoms with E-state index in [0.29, 0.717) is 23.3 Å². The predicted octanol–water partition coefficient (Wildman–Crippen LogP) is 5.32. The van der Waals surface area contributed by atoms with E-state index in [1.165, 1.54) is 17.3 Å². The zero-order valence-electron chi connectivity index (χ0n) is 19.2. The van der Waals surface area contributed by atoms with Crippen molar-refractivity contribution in [3.05, 3.63) is 77.6 Å². The van der Waals surface area contributed by atoms with Crippen molar-refractivity contribution in [2.45, 2.75) is 44.8 Å². The molecular weight excluding hydrogens is 434 g/mol. The molecule has 0 spiro atoms. The van der Waals surface area contributed by atoms with Crippen LogP contribution in [-0.2, 0) is 16.8 Å². The Kier molecular flexibility index (Phi) is 6.65. The molecule has 4 aromatic rings. The number of aryl methyl sites for hydroxylation is 1. The number of nitrogens with one attached hydrogen (secondary N) is 1. The number of anilines is 1. The van der Waals surface area contributed by atoms with E-state index >= 15 is 0 Å². The molecule has 2 aromatic carbocycles. The van der Waals surface area contributed by atoms with Gasteiger partial charge in [-0.1, -0.05) is 92.3 Å². The SMILES string of the molecule is Cc1cc(NC(=O)CSc2nnc(-c3ccc(C(C)(C)C)cc3)n2Cc2ccccc2)no1. The van der Waals surface area contributed by atoms with Crippen LogP contribution in [0.15, 0.2) is 70.3 Å². The van der Waals surface area contributed by atoms with Crippen molar-refractivity contribution in [3.63, 3.8) is 0 Å². The van der Waals surface area contributed by atoms with Crippen LogP contribution >= 0.6 is 11.8 Å². The lowest BCUT2D eigenvalue weighted by Crippen LogP contribution is -2.15. The van der Waals surface area contributed by atoms with Crippen LogP contribution in [0.2, 0.25) is 0 Å². The maximum Gasteiger partial charge on any atom is 0.236 e. The Balaban J connectivity index is 1.57. The first-order valence-electron chi connectivity index (χ1n) is 10.7. The molecule has 0 saturated heterocycles. The standard InChI is InChI=1S/C25H27N5O2S/c1-17-14-21(29-32-17)26-22(31)16-33-24-28-27-23(30(24)15-18-8-6-5-7-9-18)19-10-12-20(13-11-19)25(2,3)4/h5-14H,15-16H2,1-4H3,(H,26,29,31). The molecule has 4 rings (SSSR count). The van der Waals surface area contributed by atoms with Gasteiger partial charge in [-0.15, -0.1) is 10.2 Å². The summed E-state index contributed by atoms with van der Waals surface area (Å²) < 4.78 is 7.05. The molecule has 0 aliphatic heterocycles. The highest BCUT2D eigenvalue weighted by Crippen LogP contribution is 2.28. The van der Waals surface area contributed by atoms with Gasteiger partial charge in [0.1, 0.15) is 5.76 Å². The summed E-state index contributed by atoms with van der Waals surface area (Å²) in [4.78, 5) is 12.4. The molecule has 0 aliphatic carbocycles. The van der Waals surface area contributed by atoms with Gasteiger partial charge in [0.05, 0.1) is 12.3 Å². The van der Waals surface area contributed by atoms with Crippen LogP contribution in [0.5, 0.6) is 0 Å². The second-order valence-corrected chi connectivity index (χ2v) is 9.81. The summed E-state index contributed by atoms with van der Waals surface area (Å²) in [5.74, 6) is 1.82. The number of nitrogens with zero attached hydrogens (tertiary/aromatic N) is 4. The minimum atomic E-state index is -0.182. The second-order valence-electron chi connectivity index (χ2n) is 8.86. The van der Waals surface area contributed by atoms with Crippen molar-refractivity contribution >= 4 is 23.5 Å². The predicted molar refractivity (Wildman–Crippen MR) is 130 cm³/mol. The number of hydrogen-bond donors (Lipinski definition) is 1. The molecule has 0 unspecified atom stereocenters. The number of carbonyl (C=O) groups is 1. The summed E-state index contributed by atoms with van der Waals surface area (Å²) in [7, 11) is 0. The monoisotopic (exact) mass is 461 g/mol. The smallest absolute Gasteiger partial charge is 0.236 e. The average molecular weight is 462 g/mol. The molecule has 1 N–H and O–H groups in total. The summed E-state index contributed by atoms with van der Waals surface area (Å²) in [6.07, 6.45) is 0. The van der Waals surface area contributed by atoms with Crippen molar-refractivity contribution in [1.29, 1.82) is 0 Å². The average Bonchev–Trinajstić information content (AvgIpc) is 3.38. The van der Waals surface area contributed by atoms with Crippen LogP contribution in [0.3, 0.4) is 0 Å². The largest absolute Gasteiger partial charge is 0.360 e. The third-order valence-electron chi connectivity index (χ3n) is 5.14. The van der Waals surface area contributed by atoms with Crippen molar-refractivity contribution in [1.82, 2.24) is 19.9 Å². The van der Waals surface area contributed by atoms with Gasteiger partial charge in [0.15, 0.2) is 16.8 Å². The van der Waals surface area contributed by atoms with Gasteiger partial charge >= 0.3 is 0 Å². The molecular formula is C25H27N5O2S. The Morgan fingerprint density at radius 2 is 1.79 bits per heavy atom. The lowest BCUT2D eigenvalue weighted by atomic mass is 9.87. The normalized spacial score (nSPS) is 11.5. The highest BCUT2D eigenvalue weighted by molar-refractivity contribution is 7.99. The summed E-state index contributed by atoms with van der Waals surface area (Å²) >= 11 is 1.34. The third-order valence-corrected chi connectivity index (χ3v) is 6.10. The van der Waals surface area contributed by atoms with Crippen LogP contribution in [-0.4, -0.2) is 31.6 Å². The third kappa shape index (κ3) is 5.70. The van der Waals surface area contributed by atoms with E-state index in [2.05, 4.69) is 82.4 Å². The molecule has 0 saturated carbocycles. The molecule has 8 heteroatoms. The molecule has 7 nitrogen and oxygen atoms in total. The Morgan fingerprint density at radius 1 is 1.06 bits per heavy atom. The molecule has 0 atom stereocenters. The van der Waals surface area contributed by atoms with E-state index in [0.717, 1.165) is 17.0 Å². The number of benzene rings is 2. The minimum Gasteiger partial charge on any atom is -0.360 e. The van der Waals surface area contributed by atoms with Crippen LogP contribution in [0.25, 0.3) is 11.4 Å². The molecule has 0 bridgehead atoms. The van der Waals surface area contributed by atoms with E-state index < -0.39 is 0 Å². The fourth-order valence-corrected chi connectivity index (χ4v) is 4.11. The molecule has 170 valence electrons. The number of amides is 1. The first-order chi connectivity index (χ1) is 15.8. The Hall–Kier alpha value is -3.39. The molecule has 1 amide bonds. The summed E-state index contributed by atoms with van der Waals surface area (Å²) in [5.41, 5.74) is 3.46. The Labute approximate surface area is 197 Å². The zero-order chi connectivity index (χ0) is 23.4. The number of rotatable bonds is 7. The topological polar surface area (TPSA) is 85.8 Å². The Bertz CT molecular complexity index is 1220. The zero-order valence-corrected chi connectivity index (χ0v) is 20.0. The highest BCUT2D eigenvalue weighted by Gasteiger charge is 2.18. The molecule has 0 fully saturated rings. The van der Waals surface area contributed by atoms with Gasteiger partial charge in [0, 0.05) is 11.6 Å². The first kappa shape index (κ1) is 22.8.